The van der Waals surface area contributed by atoms with Crippen molar-refractivity contribution in [1.29, 1.82) is 0 Å². The van der Waals surface area contributed by atoms with Crippen molar-refractivity contribution in [3.63, 3.8) is 0 Å². The Kier molecular flexibility index (Phi) is 6.94. The van der Waals surface area contributed by atoms with Gasteiger partial charge in [-0.3, -0.25) is 9.59 Å². The fraction of sp³-hybridized carbons (Fsp3) is 0.556. The van der Waals surface area contributed by atoms with Gasteiger partial charge in [-0.25, -0.2) is 12.8 Å². The lowest BCUT2D eigenvalue weighted by atomic mass is 9.84. The van der Waals surface area contributed by atoms with E-state index in [9.17, 15) is 22.4 Å². The maximum atomic E-state index is 14.2. The van der Waals surface area contributed by atoms with Crippen LogP contribution in [0.3, 0.4) is 0 Å². The molecule has 27 heavy (non-hydrogen) atoms. The lowest BCUT2D eigenvalue weighted by molar-refractivity contribution is -0.123. The molecule has 1 aliphatic rings. The third kappa shape index (κ3) is 4.65. The Bertz CT molecular complexity index is 809. The SMILES string of the molecule is CCN(CC)S(=O)(=O)c1ccc(F)c(C(=O)N[C@H]2CCCC[C@@H]2C(N)=O)c1. The molecular weight excluding hydrogens is 373 g/mol. The highest BCUT2D eigenvalue weighted by molar-refractivity contribution is 7.89. The number of sulfonamides is 1. The van der Waals surface area contributed by atoms with Crippen LogP contribution in [0, 0.1) is 11.7 Å². The molecule has 0 aromatic heterocycles. The molecule has 1 aliphatic carbocycles. The Balaban J connectivity index is 2.30. The van der Waals surface area contributed by atoms with Crippen molar-refractivity contribution in [3.05, 3.63) is 29.6 Å². The van der Waals surface area contributed by atoms with Crippen molar-refractivity contribution >= 4 is 21.8 Å². The van der Waals surface area contributed by atoms with Crippen LogP contribution in [0.15, 0.2) is 23.1 Å². The zero-order valence-corrected chi connectivity index (χ0v) is 16.4. The van der Waals surface area contributed by atoms with E-state index >= 15 is 0 Å². The summed E-state index contributed by atoms with van der Waals surface area (Å²) in [7, 11) is -3.82. The van der Waals surface area contributed by atoms with Crippen LogP contribution < -0.4 is 11.1 Å². The average molecular weight is 399 g/mol. The van der Waals surface area contributed by atoms with Gasteiger partial charge < -0.3 is 11.1 Å². The van der Waals surface area contributed by atoms with Crippen molar-refractivity contribution in [3.8, 4) is 0 Å². The number of nitrogens with zero attached hydrogens (tertiary/aromatic N) is 1. The van der Waals surface area contributed by atoms with Crippen LogP contribution in [0.25, 0.3) is 0 Å². The smallest absolute Gasteiger partial charge is 0.254 e. The molecule has 9 heteroatoms. The van der Waals surface area contributed by atoms with Crippen LogP contribution in [0.2, 0.25) is 0 Å². The molecule has 0 aliphatic heterocycles. The highest BCUT2D eigenvalue weighted by atomic mass is 32.2. The summed E-state index contributed by atoms with van der Waals surface area (Å²) < 4.78 is 40.7. The number of carbonyl (C=O) groups is 2. The standard InChI is InChI=1S/C18H26FN3O4S/c1-3-22(4-2)27(25,26)12-9-10-15(19)14(11-12)18(24)21-16-8-6-5-7-13(16)17(20)23/h9-11,13,16H,3-8H2,1-2H3,(H2,20,23)(H,21,24)/t13-,16-/m0/s1. The van der Waals surface area contributed by atoms with Crippen LogP contribution in [-0.2, 0) is 14.8 Å². The van der Waals surface area contributed by atoms with Crippen molar-refractivity contribution < 1.29 is 22.4 Å². The summed E-state index contributed by atoms with van der Waals surface area (Å²) in [5.74, 6) is -2.58. The van der Waals surface area contributed by atoms with Crippen LogP contribution >= 0.6 is 0 Å². The molecule has 0 unspecified atom stereocenters. The zero-order chi connectivity index (χ0) is 20.2. The lowest BCUT2D eigenvalue weighted by Crippen LogP contribution is -2.47. The number of hydrogen-bond acceptors (Lipinski definition) is 4. The van der Waals surface area contributed by atoms with E-state index < -0.39 is 39.6 Å². The molecule has 1 aromatic rings. The first-order chi connectivity index (χ1) is 12.7. The van der Waals surface area contributed by atoms with Gasteiger partial charge in [0.15, 0.2) is 0 Å². The number of benzene rings is 1. The molecule has 0 heterocycles. The Hall–Kier alpha value is -2.00. The Morgan fingerprint density at radius 1 is 1.22 bits per heavy atom. The summed E-state index contributed by atoms with van der Waals surface area (Å²) >= 11 is 0. The molecule has 150 valence electrons. The first kappa shape index (κ1) is 21.3. The molecular formula is C18H26FN3O4S. The van der Waals surface area contributed by atoms with E-state index in [1.807, 2.05) is 0 Å². The molecule has 0 radical (unpaired) electrons. The van der Waals surface area contributed by atoms with Gasteiger partial charge >= 0.3 is 0 Å². The Labute approximate surface area is 159 Å². The molecule has 1 fully saturated rings. The molecule has 0 spiro atoms. The molecule has 0 bridgehead atoms. The number of amides is 2. The number of primary amides is 1. The summed E-state index contributed by atoms with van der Waals surface area (Å²) in [5, 5.41) is 2.66. The maximum Gasteiger partial charge on any atom is 0.254 e. The predicted molar refractivity (Wildman–Crippen MR) is 98.9 cm³/mol. The number of nitrogens with one attached hydrogen (secondary N) is 1. The maximum absolute atomic E-state index is 14.2. The van der Waals surface area contributed by atoms with Gasteiger partial charge in [0.05, 0.1) is 16.4 Å². The minimum atomic E-state index is -3.82. The second kappa shape index (κ2) is 8.79. The third-order valence-electron chi connectivity index (χ3n) is 4.97. The average Bonchev–Trinajstić information content (AvgIpc) is 2.62. The highest BCUT2D eigenvalue weighted by Crippen LogP contribution is 2.25. The summed E-state index contributed by atoms with van der Waals surface area (Å²) in [4.78, 5) is 24.0. The van der Waals surface area contributed by atoms with Crippen molar-refractivity contribution in [2.45, 2.75) is 50.5 Å². The fourth-order valence-electron chi connectivity index (χ4n) is 3.44. The summed E-state index contributed by atoms with van der Waals surface area (Å²) in [6.07, 6.45) is 2.80. The van der Waals surface area contributed by atoms with Gasteiger partial charge in [-0.2, -0.15) is 4.31 Å². The molecule has 1 aromatic carbocycles. The van der Waals surface area contributed by atoms with Crippen molar-refractivity contribution in [1.82, 2.24) is 9.62 Å². The molecule has 1 saturated carbocycles. The normalized spacial score (nSPS) is 20.4. The molecule has 2 atom stereocenters. The topological polar surface area (TPSA) is 110 Å². The summed E-state index contributed by atoms with van der Waals surface area (Å²) in [6.45, 7) is 3.93. The molecule has 2 amide bonds. The number of rotatable bonds is 7. The first-order valence-corrected chi connectivity index (χ1v) is 10.6. The lowest BCUT2D eigenvalue weighted by Gasteiger charge is -2.30. The van der Waals surface area contributed by atoms with Gasteiger partial charge in [-0.15, -0.1) is 0 Å². The number of nitrogens with two attached hydrogens (primary N) is 1. The number of carbonyl (C=O) groups excluding carboxylic acids is 2. The number of hydrogen-bond donors (Lipinski definition) is 2. The highest BCUT2D eigenvalue weighted by Gasteiger charge is 2.32. The first-order valence-electron chi connectivity index (χ1n) is 9.12. The monoisotopic (exact) mass is 399 g/mol. The van der Waals surface area contributed by atoms with Crippen LogP contribution in [-0.4, -0.2) is 43.7 Å². The van der Waals surface area contributed by atoms with Crippen molar-refractivity contribution in [2.24, 2.45) is 11.7 Å². The van der Waals surface area contributed by atoms with Gasteiger partial charge in [-0.1, -0.05) is 26.7 Å². The third-order valence-corrected chi connectivity index (χ3v) is 7.02. The van der Waals surface area contributed by atoms with Gasteiger partial charge in [0.1, 0.15) is 5.82 Å². The van der Waals surface area contributed by atoms with Crippen LogP contribution in [0.5, 0.6) is 0 Å². The van der Waals surface area contributed by atoms with E-state index in [2.05, 4.69) is 5.32 Å². The van der Waals surface area contributed by atoms with Gasteiger partial charge in [0.25, 0.3) is 5.91 Å². The van der Waals surface area contributed by atoms with Crippen LogP contribution in [0.4, 0.5) is 4.39 Å². The minimum absolute atomic E-state index is 0.146. The van der Waals surface area contributed by atoms with E-state index in [1.165, 1.54) is 4.31 Å². The fourth-order valence-corrected chi connectivity index (χ4v) is 4.93. The molecule has 0 saturated heterocycles. The van der Waals surface area contributed by atoms with Gasteiger partial charge in [0.2, 0.25) is 15.9 Å². The predicted octanol–water partition coefficient (Wildman–Crippen LogP) is 1.63. The number of halogens is 1. The Morgan fingerprint density at radius 3 is 2.44 bits per heavy atom. The second-order valence-corrected chi connectivity index (χ2v) is 8.54. The van der Waals surface area contributed by atoms with E-state index in [0.717, 1.165) is 31.0 Å². The van der Waals surface area contributed by atoms with E-state index in [-0.39, 0.29) is 23.5 Å². The van der Waals surface area contributed by atoms with E-state index in [4.69, 9.17) is 5.73 Å². The summed E-state index contributed by atoms with van der Waals surface area (Å²) in [6, 6.07) is 2.68. The van der Waals surface area contributed by atoms with Crippen LogP contribution in [0.1, 0.15) is 49.9 Å². The summed E-state index contributed by atoms with van der Waals surface area (Å²) in [5.41, 5.74) is 5.03. The molecule has 7 nitrogen and oxygen atoms in total. The molecule has 3 N–H and O–H groups in total. The molecule has 2 rings (SSSR count). The van der Waals surface area contributed by atoms with Gasteiger partial charge in [0, 0.05) is 19.1 Å². The zero-order valence-electron chi connectivity index (χ0n) is 15.6. The second-order valence-electron chi connectivity index (χ2n) is 6.60. The van der Waals surface area contributed by atoms with Gasteiger partial charge in [-0.05, 0) is 31.0 Å². The van der Waals surface area contributed by atoms with Crippen molar-refractivity contribution in [2.75, 3.05) is 13.1 Å². The Morgan fingerprint density at radius 2 is 1.85 bits per heavy atom. The quantitative estimate of drug-likeness (QED) is 0.726. The van der Waals surface area contributed by atoms with E-state index in [1.54, 1.807) is 13.8 Å². The minimum Gasteiger partial charge on any atom is -0.369 e. The largest absolute Gasteiger partial charge is 0.369 e. The van der Waals surface area contributed by atoms with E-state index in [0.29, 0.717) is 12.8 Å².